The highest BCUT2D eigenvalue weighted by Crippen LogP contribution is 2.50. The summed E-state index contributed by atoms with van der Waals surface area (Å²) in [6, 6.07) is 15.6. The van der Waals surface area contributed by atoms with Crippen LogP contribution >= 0.6 is 0 Å². The van der Waals surface area contributed by atoms with Crippen LogP contribution in [-0.2, 0) is 16.5 Å². The number of methoxy groups -OCH3 is 1. The fourth-order valence-electron chi connectivity index (χ4n) is 4.49. The molecular weight excluding hydrogens is 495 g/mol. The van der Waals surface area contributed by atoms with E-state index in [4.69, 9.17) is 4.74 Å². The molecule has 5 nitrogen and oxygen atoms in total. The summed E-state index contributed by atoms with van der Waals surface area (Å²) >= 11 is 0. The summed E-state index contributed by atoms with van der Waals surface area (Å²) in [4.78, 5) is 3.84. The minimum atomic E-state index is -6.09. The first-order valence-electron chi connectivity index (χ1n) is 10.4. The lowest BCUT2D eigenvalue weighted by Gasteiger charge is -2.35. The van der Waals surface area contributed by atoms with E-state index in [0.29, 0.717) is 12.8 Å². The molecule has 3 aromatic carbocycles. The Morgan fingerprint density at radius 2 is 1.66 bits per heavy atom. The smallest absolute Gasteiger partial charge is 0.496 e. The van der Waals surface area contributed by atoms with Gasteiger partial charge in [-0.25, -0.2) is 4.39 Å². The lowest BCUT2D eigenvalue weighted by Crippen LogP contribution is -2.28. The Hall–Kier alpha value is -3.34. The number of hydrogen-bond acceptors (Lipinski definition) is 5. The summed E-state index contributed by atoms with van der Waals surface area (Å²) in [5, 5.41) is 0. The van der Waals surface area contributed by atoms with Crippen molar-refractivity contribution < 1.29 is 44.4 Å². The second kappa shape index (κ2) is 9.37. The molecule has 1 aliphatic carbocycles. The lowest BCUT2D eigenvalue weighted by molar-refractivity contribution is -0.0501. The van der Waals surface area contributed by atoms with Crippen molar-refractivity contribution in [3.8, 4) is 17.2 Å². The SMILES string of the molecule is COc1cc(OS(=O)(=O)C(F)(F)F)c(F)cc1C1c2ccc(OF)cc2CCC1c1ccccc1. The van der Waals surface area contributed by atoms with Crippen molar-refractivity contribution in [2.75, 3.05) is 7.11 Å². The molecule has 1 aliphatic rings. The van der Waals surface area contributed by atoms with E-state index in [1.54, 1.807) is 6.07 Å². The molecule has 0 bridgehead atoms. The van der Waals surface area contributed by atoms with E-state index in [9.17, 15) is 30.5 Å². The van der Waals surface area contributed by atoms with Crippen LogP contribution < -0.4 is 13.9 Å². The lowest BCUT2D eigenvalue weighted by atomic mass is 9.69. The number of fused-ring (bicyclic) bond motifs is 1. The van der Waals surface area contributed by atoms with E-state index in [0.717, 1.165) is 28.8 Å². The highest BCUT2D eigenvalue weighted by molar-refractivity contribution is 7.88. The Morgan fingerprint density at radius 3 is 2.29 bits per heavy atom. The molecule has 4 rings (SSSR count). The number of rotatable bonds is 6. The third kappa shape index (κ3) is 4.77. The van der Waals surface area contributed by atoms with Crippen LogP contribution in [0.25, 0.3) is 0 Å². The van der Waals surface area contributed by atoms with Gasteiger partial charge in [-0.3, -0.25) is 4.94 Å². The number of benzene rings is 3. The zero-order valence-corrected chi connectivity index (χ0v) is 19.0. The second-order valence-electron chi connectivity index (χ2n) is 7.98. The molecule has 35 heavy (non-hydrogen) atoms. The first kappa shape index (κ1) is 24.8. The van der Waals surface area contributed by atoms with Crippen LogP contribution in [0.15, 0.2) is 60.7 Å². The fourth-order valence-corrected chi connectivity index (χ4v) is 4.95. The van der Waals surface area contributed by atoms with Crippen LogP contribution in [0.1, 0.15) is 40.5 Å². The molecule has 3 aromatic rings. The summed E-state index contributed by atoms with van der Waals surface area (Å²) in [6.07, 6.45) is 1.15. The van der Waals surface area contributed by atoms with E-state index >= 15 is 0 Å². The Labute approximate surface area is 198 Å². The van der Waals surface area contributed by atoms with Crippen LogP contribution in [0.4, 0.5) is 22.1 Å². The molecule has 0 saturated heterocycles. The van der Waals surface area contributed by atoms with Crippen LogP contribution in [0.5, 0.6) is 17.2 Å². The van der Waals surface area contributed by atoms with Crippen molar-refractivity contribution in [2.24, 2.45) is 0 Å². The van der Waals surface area contributed by atoms with Crippen LogP contribution in [0, 0.1) is 5.82 Å². The molecular formula is C24H19F5O5S. The number of hydrogen-bond donors (Lipinski definition) is 0. The quantitative estimate of drug-likeness (QED) is 0.223. The van der Waals surface area contributed by atoms with Gasteiger partial charge in [-0.15, -0.1) is 0 Å². The van der Waals surface area contributed by atoms with E-state index < -0.39 is 33.1 Å². The van der Waals surface area contributed by atoms with Crippen molar-refractivity contribution in [1.29, 1.82) is 0 Å². The van der Waals surface area contributed by atoms with Crippen LogP contribution in [0.2, 0.25) is 0 Å². The summed E-state index contributed by atoms with van der Waals surface area (Å²) in [5.41, 5.74) is -3.07. The Balaban J connectivity index is 1.87. The first-order chi connectivity index (χ1) is 16.6. The highest BCUT2D eigenvalue weighted by Gasteiger charge is 2.49. The predicted octanol–water partition coefficient (Wildman–Crippen LogP) is 6.19. The predicted molar refractivity (Wildman–Crippen MR) is 116 cm³/mol. The zero-order valence-electron chi connectivity index (χ0n) is 18.2. The fraction of sp³-hybridized carbons (Fsp3) is 0.250. The van der Waals surface area contributed by atoms with Crippen molar-refractivity contribution in [3.63, 3.8) is 0 Å². The standard InChI is InChI=1S/C24H19F5O5S/c1-32-21-13-22(34-35(30,31)24(26,27)28)20(25)12-19(21)23-17(14-5-3-2-4-6-14)9-7-15-11-16(33-29)8-10-18(15)23/h2-6,8,10-13,17,23H,7,9H2,1H3. The highest BCUT2D eigenvalue weighted by atomic mass is 32.2. The summed E-state index contributed by atoms with van der Waals surface area (Å²) < 4.78 is 98.3. The molecule has 186 valence electrons. The van der Waals surface area contributed by atoms with Gasteiger partial charge in [-0.2, -0.15) is 21.6 Å². The third-order valence-electron chi connectivity index (χ3n) is 6.00. The van der Waals surface area contributed by atoms with Gasteiger partial charge in [0, 0.05) is 22.1 Å². The average Bonchev–Trinajstić information content (AvgIpc) is 2.83. The maximum Gasteiger partial charge on any atom is 0.534 e. The van der Waals surface area contributed by atoms with Crippen LogP contribution in [0.3, 0.4) is 0 Å². The maximum absolute atomic E-state index is 15.0. The topological polar surface area (TPSA) is 61.8 Å². The molecule has 0 fully saturated rings. The molecule has 0 amide bonds. The minimum absolute atomic E-state index is 0.0000816. The van der Waals surface area contributed by atoms with Gasteiger partial charge in [-0.05, 0) is 53.6 Å². The van der Waals surface area contributed by atoms with Gasteiger partial charge in [0.05, 0.1) is 7.11 Å². The minimum Gasteiger partial charge on any atom is -0.496 e. The molecule has 0 radical (unpaired) electrons. The van der Waals surface area contributed by atoms with E-state index in [2.05, 4.69) is 9.12 Å². The number of aryl methyl sites for hydroxylation is 1. The summed E-state index contributed by atoms with van der Waals surface area (Å²) in [7, 11) is -4.87. The van der Waals surface area contributed by atoms with E-state index in [1.807, 2.05) is 30.3 Å². The summed E-state index contributed by atoms with van der Waals surface area (Å²) in [5.74, 6) is -3.26. The van der Waals surface area contributed by atoms with Gasteiger partial charge in [-0.1, -0.05) is 36.4 Å². The molecule has 0 spiro atoms. The normalized spacial score (nSPS) is 18.0. The monoisotopic (exact) mass is 514 g/mol. The third-order valence-corrected chi connectivity index (χ3v) is 6.96. The van der Waals surface area contributed by atoms with Crippen molar-refractivity contribution in [2.45, 2.75) is 30.2 Å². The molecule has 0 saturated carbocycles. The van der Waals surface area contributed by atoms with Gasteiger partial charge in [0.15, 0.2) is 17.3 Å². The number of ether oxygens (including phenoxy) is 1. The molecule has 2 atom stereocenters. The molecule has 0 N–H and O–H groups in total. The number of alkyl halides is 3. The number of halogens is 5. The molecule has 0 heterocycles. The Kier molecular flexibility index (Phi) is 6.63. The van der Waals surface area contributed by atoms with Gasteiger partial charge < -0.3 is 8.92 Å². The first-order valence-corrected chi connectivity index (χ1v) is 11.8. The maximum atomic E-state index is 15.0. The van der Waals surface area contributed by atoms with Crippen LogP contribution in [-0.4, -0.2) is 21.0 Å². The van der Waals surface area contributed by atoms with Crippen molar-refractivity contribution in [1.82, 2.24) is 0 Å². The molecule has 2 unspecified atom stereocenters. The van der Waals surface area contributed by atoms with Gasteiger partial charge in [0.25, 0.3) is 0 Å². The largest absolute Gasteiger partial charge is 0.534 e. The molecule has 0 aliphatic heterocycles. The Bertz CT molecular complexity index is 1330. The summed E-state index contributed by atoms with van der Waals surface area (Å²) in [6.45, 7) is 0. The molecule has 0 aromatic heterocycles. The second-order valence-corrected chi connectivity index (χ2v) is 9.52. The zero-order chi connectivity index (χ0) is 25.4. The van der Waals surface area contributed by atoms with Gasteiger partial charge in [0.2, 0.25) is 0 Å². The van der Waals surface area contributed by atoms with Gasteiger partial charge >= 0.3 is 15.6 Å². The molecule has 11 heteroatoms. The van der Waals surface area contributed by atoms with Crippen molar-refractivity contribution >= 4 is 10.1 Å². The van der Waals surface area contributed by atoms with E-state index in [1.165, 1.54) is 19.2 Å². The Morgan fingerprint density at radius 1 is 0.943 bits per heavy atom. The van der Waals surface area contributed by atoms with Gasteiger partial charge in [0.1, 0.15) is 5.75 Å². The van der Waals surface area contributed by atoms with Crippen molar-refractivity contribution in [3.05, 3.63) is 88.7 Å². The average molecular weight is 514 g/mol. The van der Waals surface area contributed by atoms with E-state index in [-0.39, 0.29) is 23.0 Å².